The number of unbranched alkanes of at least 4 members (excludes halogenated alkanes) is 7. The molecule has 10 heteroatoms. The molecule has 2 aromatic carbocycles. The van der Waals surface area contributed by atoms with Gasteiger partial charge in [0, 0.05) is 17.7 Å². The third-order valence-electron chi connectivity index (χ3n) is 6.53. The maximum absolute atomic E-state index is 11.9. The van der Waals surface area contributed by atoms with Gasteiger partial charge in [-0.25, -0.2) is 0 Å². The number of nitrogens with zero attached hydrogens (tertiary/aromatic N) is 3. The van der Waals surface area contributed by atoms with E-state index in [0.29, 0.717) is 22.9 Å². The average molecular weight is 568 g/mol. The Labute approximate surface area is 240 Å². The van der Waals surface area contributed by atoms with Crippen molar-refractivity contribution in [1.29, 1.82) is 0 Å². The predicted molar refractivity (Wildman–Crippen MR) is 157 cm³/mol. The maximum Gasteiger partial charge on any atom is 0.307 e. The summed E-state index contributed by atoms with van der Waals surface area (Å²) in [6, 6.07) is 17.7. The zero-order valence-corrected chi connectivity index (χ0v) is 23.8. The Morgan fingerprint density at radius 1 is 0.925 bits per heavy atom. The first kappa shape index (κ1) is 29.4. The van der Waals surface area contributed by atoms with E-state index >= 15 is 0 Å². The standard InChI is InChI=1S/C30H38ClN5O4/c1-23-28(31)30-33-29(35-36(30)34-23)24-16-18-25(19-17-24)32-21-38-22-40-27(37)15-11-6-4-2-3-5-7-12-20-39-26-13-9-8-10-14-26/h8-10,13-14,16-19,32H,2-7,11-12,15,20-22H2,1H3,(H,33,35). The first-order chi connectivity index (χ1) is 19.6. The normalized spacial score (nSPS) is 11.2. The van der Waals surface area contributed by atoms with Crippen LogP contribution in [0, 0.1) is 6.92 Å². The lowest BCUT2D eigenvalue weighted by molar-refractivity contribution is -0.155. The second-order valence-corrected chi connectivity index (χ2v) is 10.1. The molecule has 0 atom stereocenters. The van der Waals surface area contributed by atoms with Crippen LogP contribution in [0.4, 0.5) is 5.69 Å². The minimum Gasteiger partial charge on any atom is -0.494 e. The van der Waals surface area contributed by atoms with Gasteiger partial charge >= 0.3 is 5.97 Å². The van der Waals surface area contributed by atoms with E-state index < -0.39 is 0 Å². The molecule has 0 fully saturated rings. The molecule has 0 radical (unpaired) electrons. The fourth-order valence-corrected chi connectivity index (χ4v) is 4.44. The van der Waals surface area contributed by atoms with E-state index in [1.54, 1.807) is 0 Å². The highest BCUT2D eigenvalue weighted by molar-refractivity contribution is 6.34. The van der Waals surface area contributed by atoms with Crippen molar-refractivity contribution >= 4 is 28.9 Å². The van der Waals surface area contributed by atoms with Gasteiger partial charge in [0.05, 0.1) is 12.3 Å². The first-order valence-corrected chi connectivity index (χ1v) is 14.3. The van der Waals surface area contributed by atoms with Gasteiger partial charge in [0.2, 0.25) is 0 Å². The molecule has 4 rings (SSSR count). The van der Waals surface area contributed by atoms with E-state index in [4.69, 9.17) is 25.8 Å². The van der Waals surface area contributed by atoms with E-state index in [0.717, 1.165) is 55.0 Å². The van der Waals surface area contributed by atoms with E-state index in [1.807, 2.05) is 61.5 Å². The van der Waals surface area contributed by atoms with Crippen LogP contribution in [0.5, 0.6) is 5.75 Å². The van der Waals surface area contributed by atoms with E-state index in [1.165, 1.54) is 30.3 Å². The van der Waals surface area contributed by atoms with Crippen LogP contribution in [0.3, 0.4) is 0 Å². The largest absolute Gasteiger partial charge is 0.494 e. The Balaban J connectivity index is 0.961. The molecule has 0 bridgehead atoms. The van der Waals surface area contributed by atoms with Gasteiger partial charge in [-0.05, 0) is 56.2 Å². The molecular weight excluding hydrogens is 530 g/mol. The van der Waals surface area contributed by atoms with Gasteiger partial charge in [-0.15, -0.1) is 9.73 Å². The number of nitrogens with one attached hydrogen (secondary N) is 2. The minimum atomic E-state index is -0.220. The smallest absolute Gasteiger partial charge is 0.307 e. The van der Waals surface area contributed by atoms with E-state index in [9.17, 15) is 4.79 Å². The van der Waals surface area contributed by atoms with Crippen LogP contribution in [0.1, 0.15) is 63.5 Å². The molecule has 40 heavy (non-hydrogen) atoms. The molecule has 0 aliphatic heterocycles. The number of esters is 1. The number of benzene rings is 2. The Hall–Kier alpha value is -3.56. The summed E-state index contributed by atoms with van der Waals surface area (Å²) in [7, 11) is 0. The molecule has 9 nitrogen and oxygen atoms in total. The Bertz CT molecular complexity index is 1310. The zero-order valence-electron chi connectivity index (χ0n) is 23.0. The fraction of sp³-hybridized carbons (Fsp3) is 0.433. The number of halogens is 1. The summed E-state index contributed by atoms with van der Waals surface area (Å²) in [5.74, 6) is 1.40. The Morgan fingerprint density at radius 3 is 2.35 bits per heavy atom. The van der Waals surface area contributed by atoms with Crippen molar-refractivity contribution in [2.75, 3.05) is 25.4 Å². The fourth-order valence-electron chi connectivity index (χ4n) is 4.27. The number of H-pyrrole nitrogens is 1. The molecule has 0 saturated carbocycles. The van der Waals surface area contributed by atoms with E-state index in [-0.39, 0.29) is 19.5 Å². The monoisotopic (exact) mass is 567 g/mol. The number of aryl methyl sites for hydroxylation is 1. The molecule has 2 aromatic heterocycles. The SMILES string of the molecule is Cc1nn2nc(-c3ccc(NCOCOC(=O)CCCCCCCCCCOc4ccccc4)cc3)[nH]c2c1Cl. The van der Waals surface area contributed by atoms with Crippen LogP contribution in [0.15, 0.2) is 54.6 Å². The second kappa shape index (κ2) is 15.9. The molecule has 0 aliphatic carbocycles. The summed E-state index contributed by atoms with van der Waals surface area (Å²) < 4.78 is 17.8. The van der Waals surface area contributed by atoms with Gasteiger partial charge in [0.15, 0.2) is 18.3 Å². The van der Waals surface area contributed by atoms with Crippen molar-refractivity contribution < 1.29 is 19.0 Å². The number of hydrogen-bond donors (Lipinski definition) is 2. The number of hydrogen-bond acceptors (Lipinski definition) is 7. The quantitative estimate of drug-likeness (QED) is 0.0746. The van der Waals surface area contributed by atoms with Gasteiger partial charge < -0.3 is 24.5 Å². The molecule has 2 N–H and O–H groups in total. The molecule has 0 spiro atoms. The second-order valence-electron chi connectivity index (χ2n) is 9.69. The zero-order chi connectivity index (χ0) is 28.0. The van der Waals surface area contributed by atoms with Crippen molar-refractivity contribution in [3.8, 4) is 17.1 Å². The number of fused-ring (bicyclic) bond motifs is 1. The predicted octanol–water partition coefficient (Wildman–Crippen LogP) is 7.16. The van der Waals surface area contributed by atoms with Crippen LogP contribution in [0.25, 0.3) is 17.0 Å². The van der Waals surface area contributed by atoms with Crippen molar-refractivity contribution in [3.05, 3.63) is 65.3 Å². The summed E-state index contributed by atoms with van der Waals surface area (Å²) >= 11 is 6.24. The summed E-state index contributed by atoms with van der Waals surface area (Å²) in [5.41, 5.74) is 3.19. The maximum atomic E-state index is 11.9. The molecular formula is C30H38ClN5O4. The molecule has 4 aromatic rings. The topological polar surface area (TPSA) is 103 Å². The number of aromatic nitrogens is 4. The van der Waals surface area contributed by atoms with Gasteiger partial charge in [0.1, 0.15) is 17.5 Å². The van der Waals surface area contributed by atoms with Crippen LogP contribution in [-0.4, -0.2) is 45.9 Å². The number of ether oxygens (including phenoxy) is 3. The molecule has 0 unspecified atom stereocenters. The van der Waals surface area contributed by atoms with Crippen LogP contribution in [-0.2, 0) is 14.3 Å². The lowest BCUT2D eigenvalue weighted by Gasteiger charge is -2.09. The molecule has 0 aliphatic rings. The minimum absolute atomic E-state index is 0.0652. The number of anilines is 1. The Kier molecular flexibility index (Phi) is 11.7. The van der Waals surface area contributed by atoms with Crippen LogP contribution < -0.4 is 10.1 Å². The third-order valence-corrected chi connectivity index (χ3v) is 6.98. The van der Waals surface area contributed by atoms with Gasteiger partial charge in [0.25, 0.3) is 0 Å². The van der Waals surface area contributed by atoms with Crippen LogP contribution >= 0.6 is 11.6 Å². The number of para-hydroxylation sites is 1. The molecule has 0 saturated heterocycles. The molecule has 2 heterocycles. The van der Waals surface area contributed by atoms with Gasteiger partial charge in [-0.1, -0.05) is 68.3 Å². The summed E-state index contributed by atoms with van der Waals surface area (Å²) in [6.45, 7) is 2.78. The van der Waals surface area contributed by atoms with Crippen molar-refractivity contribution in [2.24, 2.45) is 0 Å². The number of carbonyl (C=O) groups is 1. The molecule has 0 amide bonds. The van der Waals surface area contributed by atoms with Gasteiger partial charge in [-0.2, -0.15) is 5.10 Å². The van der Waals surface area contributed by atoms with Crippen molar-refractivity contribution in [3.63, 3.8) is 0 Å². The highest BCUT2D eigenvalue weighted by atomic mass is 35.5. The third kappa shape index (κ3) is 9.27. The average Bonchev–Trinajstić information content (AvgIpc) is 3.50. The summed E-state index contributed by atoms with van der Waals surface area (Å²) in [4.78, 5) is 15.1. The first-order valence-electron chi connectivity index (χ1n) is 14.0. The van der Waals surface area contributed by atoms with Crippen molar-refractivity contribution in [2.45, 2.75) is 64.7 Å². The summed E-state index contributed by atoms with van der Waals surface area (Å²) in [6.07, 6.45) is 9.40. The van der Waals surface area contributed by atoms with E-state index in [2.05, 4.69) is 20.5 Å². The van der Waals surface area contributed by atoms with Crippen molar-refractivity contribution in [1.82, 2.24) is 19.8 Å². The number of aromatic amines is 1. The molecule has 214 valence electrons. The number of rotatable bonds is 18. The van der Waals surface area contributed by atoms with Gasteiger partial charge in [-0.3, -0.25) is 4.79 Å². The summed E-state index contributed by atoms with van der Waals surface area (Å²) in [5, 5.41) is 12.4. The lowest BCUT2D eigenvalue weighted by Crippen LogP contribution is -2.12. The van der Waals surface area contributed by atoms with Crippen LogP contribution in [0.2, 0.25) is 5.02 Å². The Morgan fingerprint density at radius 2 is 1.62 bits per heavy atom. The highest BCUT2D eigenvalue weighted by Crippen LogP contribution is 2.24. The number of carbonyl (C=O) groups excluding carboxylic acids is 1. The lowest BCUT2D eigenvalue weighted by atomic mass is 10.1. The highest BCUT2D eigenvalue weighted by Gasteiger charge is 2.12.